The Balaban J connectivity index is 2.34. The number of nitrogens with one attached hydrogen (secondary N) is 1. The third-order valence-corrected chi connectivity index (χ3v) is 4.07. The molecule has 0 radical (unpaired) electrons. The van der Waals surface area contributed by atoms with E-state index in [1.54, 1.807) is 6.92 Å². The molecule has 1 heterocycles. The third-order valence-electron chi connectivity index (χ3n) is 4.07. The quantitative estimate of drug-likeness (QED) is 0.732. The lowest BCUT2D eigenvalue weighted by molar-refractivity contribution is -0.146. The van der Waals surface area contributed by atoms with E-state index >= 15 is 0 Å². The molecule has 2 N–H and O–H groups in total. The fraction of sp³-hybridized carbons (Fsp3) is 0.857. The molecule has 0 spiro atoms. The Labute approximate surface area is 115 Å². The van der Waals surface area contributed by atoms with Gasteiger partial charge < -0.3 is 10.4 Å². The van der Waals surface area contributed by atoms with Gasteiger partial charge in [0.25, 0.3) is 0 Å². The van der Waals surface area contributed by atoms with Crippen LogP contribution < -0.4 is 5.32 Å². The highest BCUT2D eigenvalue weighted by molar-refractivity contribution is 5.81. The van der Waals surface area contributed by atoms with Crippen molar-refractivity contribution in [2.75, 3.05) is 13.1 Å². The summed E-state index contributed by atoms with van der Waals surface area (Å²) in [7, 11) is 0. The number of hydrogen-bond acceptors (Lipinski definition) is 3. The van der Waals surface area contributed by atoms with Gasteiger partial charge in [-0.1, -0.05) is 20.3 Å². The number of nitrogens with zero attached hydrogens (tertiary/aromatic N) is 1. The zero-order valence-corrected chi connectivity index (χ0v) is 12.3. The molecule has 0 aromatic carbocycles. The molecule has 1 fully saturated rings. The number of carbonyl (C=O) groups excluding carboxylic acids is 1. The summed E-state index contributed by atoms with van der Waals surface area (Å²) in [4.78, 5) is 24.9. The minimum atomic E-state index is -0.752. The van der Waals surface area contributed by atoms with Gasteiger partial charge in [0.05, 0.1) is 12.0 Å². The molecule has 1 amide bonds. The van der Waals surface area contributed by atoms with Crippen LogP contribution in [0.3, 0.4) is 0 Å². The summed E-state index contributed by atoms with van der Waals surface area (Å²) >= 11 is 0. The lowest BCUT2D eigenvalue weighted by Gasteiger charge is -2.44. The van der Waals surface area contributed by atoms with Gasteiger partial charge in [0, 0.05) is 19.1 Å². The first-order valence-electron chi connectivity index (χ1n) is 7.14. The Morgan fingerprint density at radius 3 is 2.37 bits per heavy atom. The molecule has 1 saturated heterocycles. The molecule has 0 bridgehead atoms. The van der Waals surface area contributed by atoms with Crippen LogP contribution in [0.1, 0.15) is 40.5 Å². The van der Waals surface area contributed by atoms with E-state index in [4.69, 9.17) is 5.11 Å². The average Bonchev–Trinajstić information content (AvgIpc) is 2.26. The number of carboxylic acids is 1. The van der Waals surface area contributed by atoms with E-state index in [1.807, 2.05) is 18.7 Å². The standard InChI is InChI=1S/C14H26N2O3/c1-5-6-9(2)15-13(17)11(4)16-7-12(8-16)10(3)14(18)19/h9-12H,5-8H2,1-4H3,(H,15,17)(H,18,19). The summed E-state index contributed by atoms with van der Waals surface area (Å²) in [6, 6.07) is 0.0338. The monoisotopic (exact) mass is 270 g/mol. The predicted molar refractivity (Wildman–Crippen MR) is 73.8 cm³/mol. The second kappa shape index (κ2) is 6.89. The molecule has 1 aliphatic heterocycles. The minimum absolute atomic E-state index is 0.0439. The molecular formula is C14H26N2O3. The minimum Gasteiger partial charge on any atom is -0.481 e. The lowest BCUT2D eigenvalue weighted by atomic mass is 9.86. The molecule has 1 rings (SSSR count). The molecular weight excluding hydrogens is 244 g/mol. The summed E-state index contributed by atoms with van der Waals surface area (Å²) in [5.74, 6) is -0.868. The molecule has 3 unspecified atom stereocenters. The maximum Gasteiger partial charge on any atom is 0.306 e. The fourth-order valence-electron chi connectivity index (χ4n) is 2.42. The van der Waals surface area contributed by atoms with Crippen LogP contribution in [0.2, 0.25) is 0 Å². The number of aliphatic carboxylic acids is 1. The van der Waals surface area contributed by atoms with Crippen LogP contribution in [-0.4, -0.2) is 47.1 Å². The molecule has 5 heteroatoms. The maximum absolute atomic E-state index is 12.0. The van der Waals surface area contributed by atoms with Crippen molar-refractivity contribution in [3.63, 3.8) is 0 Å². The van der Waals surface area contributed by atoms with Crippen molar-refractivity contribution >= 4 is 11.9 Å². The van der Waals surface area contributed by atoms with Gasteiger partial charge >= 0.3 is 5.97 Å². The Morgan fingerprint density at radius 2 is 1.89 bits per heavy atom. The van der Waals surface area contributed by atoms with E-state index in [2.05, 4.69) is 12.2 Å². The Kier molecular flexibility index (Phi) is 5.79. The molecule has 3 atom stereocenters. The van der Waals surface area contributed by atoms with E-state index < -0.39 is 5.97 Å². The van der Waals surface area contributed by atoms with Gasteiger partial charge in [-0.2, -0.15) is 0 Å². The number of amides is 1. The molecule has 5 nitrogen and oxygen atoms in total. The van der Waals surface area contributed by atoms with Gasteiger partial charge in [0.1, 0.15) is 0 Å². The number of likely N-dealkylation sites (tertiary alicyclic amines) is 1. The second-order valence-corrected chi connectivity index (χ2v) is 5.72. The average molecular weight is 270 g/mol. The molecule has 0 saturated carbocycles. The number of carboxylic acid groups (broad SMARTS) is 1. The smallest absolute Gasteiger partial charge is 0.306 e. The lowest BCUT2D eigenvalue weighted by Crippen LogP contribution is -2.58. The molecule has 19 heavy (non-hydrogen) atoms. The normalized spacial score (nSPS) is 21.3. The zero-order chi connectivity index (χ0) is 14.6. The van der Waals surface area contributed by atoms with Gasteiger partial charge in [0.15, 0.2) is 0 Å². The number of rotatable bonds is 7. The van der Waals surface area contributed by atoms with Crippen molar-refractivity contribution in [2.45, 2.75) is 52.6 Å². The predicted octanol–water partition coefficient (Wildman–Crippen LogP) is 1.33. The summed E-state index contributed by atoms with van der Waals surface area (Å²) in [6.45, 7) is 9.13. The molecule has 0 aromatic rings. The van der Waals surface area contributed by atoms with Crippen LogP contribution in [-0.2, 0) is 9.59 Å². The summed E-state index contributed by atoms with van der Waals surface area (Å²) in [5, 5.41) is 11.9. The Morgan fingerprint density at radius 1 is 1.32 bits per heavy atom. The van der Waals surface area contributed by atoms with Gasteiger partial charge in [-0.05, 0) is 26.2 Å². The molecule has 1 aliphatic rings. The van der Waals surface area contributed by atoms with Crippen LogP contribution in [0.4, 0.5) is 0 Å². The van der Waals surface area contributed by atoms with Crippen molar-refractivity contribution in [2.24, 2.45) is 11.8 Å². The molecule has 0 aromatic heterocycles. The zero-order valence-electron chi connectivity index (χ0n) is 12.3. The Hall–Kier alpha value is -1.10. The molecule has 110 valence electrons. The SMILES string of the molecule is CCCC(C)NC(=O)C(C)N1CC(C(C)C(=O)O)C1. The van der Waals surface area contributed by atoms with E-state index in [0.29, 0.717) is 13.1 Å². The van der Waals surface area contributed by atoms with Crippen LogP contribution in [0.5, 0.6) is 0 Å². The van der Waals surface area contributed by atoms with Crippen LogP contribution in [0, 0.1) is 11.8 Å². The van der Waals surface area contributed by atoms with Gasteiger partial charge in [-0.15, -0.1) is 0 Å². The largest absolute Gasteiger partial charge is 0.481 e. The van der Waals surface area contributed by atoms with E-state index in [1.165, 1.54) is 0 Å². The third kappa shape index (κ3) is 4.20. The van der Waals surface area contributed by atoms with E-state index in [-0.39, 0.29) is 29.8 Å². The Bertz CT molecular complexity index is 327. The van der Waals surface area contributed by atoms with E-state index in [0.717, 1.165) is 12.8 Å². The number of carbonyl (C=O) groups is 2. The highest BCUT2D eigenvalue weighted by Crippen LogP contribution is 2.25. The first kappa shape index (κ1) is 16.0. The van der Waals surface area contributed by atoms with Crippen LogP contribution >= 0.6 is 0 Å². The topological polar surface area (TPSA) is 69.6 Å². The first-order chi connectivity index (χ1) is 8.86. The fourth-order valence-corrected chi connectivity index (χ4v) is 2.42. The van der Waals surface area contributed by atoms with Crippen LogP contribution in [0.15, 0.2) is 0 Å². The number of hydrogen-bond donors (Lipinski definition) is 2. The van der Waals surface area contributed by atoms with Crippen molar-refractivity contribution in [3.8, 4) is 0 Å². The highest BCUT2D eigenvalue weighted by Gasteiger charge is 2.38. The van der Waals surface area contributed by atoms with Gasteiger partial charge in [0.2, 0.25) is 5.91 Å². The summed E-state index contributed by atoms with van der Waals surface area (Å²) < 4.78 is 0. The maximum atomic E-state index is 12.0. The second-order valence-electron chi connectivity index (χ2n) is 5.72. The van der Waals surface area contributed by atoms with E-state index in [9.17, 15) is 9.59 Å². The summed E-state index contributed by atoms with van der Waals surface area (Å²) in [5.41, 5.74) is 0. The van der Waals surface area contributed by atoms with Crippen molar-refractivity contribution in [1.29, 1.82) is 0 Å². The van der Waals surface area contributed by atoms with Crippen molar-refractivity contribution < 1.29 is 14.7 Å². The highest BCUT2D eigenvalue weighted by atomic mass is 16.4. The van der Waals surface area contributed by atoms with Gasteiger partial charge in [-0.25, -0.2) is 0 Å². The van der Waals surface area contributed by atoms with Gasteiger partial charge in [-0.3, -0.25) is 14.5 Å². The summed E-state index contributed by atoms with van der Waals surface area (Å²) in [6.07, 6.45) is 2.04. The molecule has 0 aliphatic carbocycles. The van der Waals surface area contributed by atoms with Crippen LogP contribution in [0.25, 0.3) is 0 Å². The van der Waals surface area contributed by atoms with Crippen molar-refractivity contribution in [3.05, 3.63) is 0 Å². The van der Waals surface area contributed by atoms with Crippen molar-refractivity contribution in [1.82, 2.24) is 10.2 Å². The first-order valence-corrected chi connectivity index (χ1v) is 7.14.